The van der Waals surface area contributed by atoms with Crippen molar-refractivity contribution >= 4 is 22.9 Å². The van der Waals surface area contributed by atoms with Gasteiger partial charge in [0.15, 0.2) is 0 Å². The highest BCUT2D eigenvalue weighted by Gasteiger charge is 2.30. The van der Waals surface area contributed by atoms with Gasteiger partial charge in [0, 0.05) is 12.6 Å². The number of aromatic nitrogens is 2. The fourth-order valence-electron chi connectivity index (χ4n) is 2.18. The van der Waals surface area contributed by atoms with Crippen molar-refractivity contribution in [1.29, 1.82) is 0 Å². The highest BCUT2D eigenvalue weighted by atomic mass is 19.4. The Morgan fingerprint density at radius 2 is 2.00 bits per heavy atom. The van der Waals surface area contributed by atoms with Crippen LogP contribution in [0.1, 0.15) is 17.3 Å². The summed E-state index contributed by atoms with van der Waals surface area (Å²) in [6.45, 7) is -0.129. The van der Waals surface area contributed by atoms with Crippen LogP contribution in [0.15, 0.2) is 23.0 Å². The summed E-state index contributed by atoms with van der Waals surface area (Å²) in [6, 6.07) is 2.60. The summed E-state index contributed by atoms with van der Waals surface area (Å²) < 4.78 is 38.1. The maximum Gasteiger partial charge on any atom is 0.406 e. The summed E-state index contributed by atoms with van der Waals surface area (Å²) in [4.78, 5) is 38.1. The van der Waals surface area contributed by atoms with E-state index in [1.165, 1.54) is 32.2 Å². The molecule has 24 heavy (non-hydrogen) atoms. The molecule has 1 atom stereocenters. The first kappa shape index (κ1) is 17.6. The molecule has 0 radical (unpaired) electrons. The predicted molar refractivity (Wildman–Crippen MR) is 77.8 cm³/mol. The lowest BCUT2D eigenvalue weighted by Gasteiger charge is -2.21. The summed E-state index contributed by atoms with van der Waals surface area (Å²) in [7, 11) is 1.29. The molecule has 1 unspecified atom stereocenters. The number of carbonyl (C=O) groups excluding carboxylic acids is 1. The number of halogens is 3. The van der Waals surface area contributed by atoms with Crippen molar-refractivity contribution in [3.05, 3.63) is 34.2 Å². The Morgan fingerprint density at radius 3 is 2.54 bits per heavy atom. The standard InChI is InChI=1S/C14H14F3N3O4/c1-7(12(22)23)19(2)11(21)8-3-4-10-9(5-8)18-13(24)20(10)6-14(15,16)17/h3-5,7H,6H2,1-2H3,(H,18,24)(H,22,23). The van der Waals surface area contributed by atoms with Crippen molar-refractivity contribution in [3.8, 4) is 0 Å². The van der Waals surface area contributed by atoms with Crippen molar-refractivity contribution in [2.75, 3.05) is 7.05 Å². The van der Waals surface area contributed by atoms with Gasteiger partial charge in [-0.15, -0.1) is 0 Å². The molecule has 0 saturated carbocycles. The van der Waals surface area contributed by atoms with E-state index in [4.69, 9.17) is 5.11 Å². The Bertz CT molecular complexity index is 853. The number of rotatable bonds is 4. The third-order valence-electron chi connectivity index (χ3n) is 3.62. The Balaban J connectivity index is 2.41. The molecule has 2 aromatic rings. The largest absolute Gasteiger partial charge is 0.480 e. The van der Waals surface area contributed by atoms with Crippen LogP contribution in [0.25, 0.3) is 11.0 Å². The van der Waals surface area contributed by atoms with Crippen LogP contribution in [0.3, 0.4) is 0 Å². The number of nitrogens with one attached hydrogen (secondary N) is 1. The molecule has 0 saturated heterocycles. The van der Waals surface area contributed by atoms with Crippen LogP contribution >= 0.6 is 0 Å². The highest BCUT2D eigenvalue weighted by Crippen LogP contribution is 2.21. The molecule has 0 aliphatic rings. The number of nitrogens with zero attached hydrogens (tertiary/aromatic N) is 2. The molecule has 2 rings (SSSR count). The first-order chi connectivity index (χ1) is 11.0. The van der Waals surface area contributed by atoms with E-state index in [1.54, 1.807) is 0 Å². The van der Waals surface area contributed by atoms with Gasteiger partial charge in [0.05, 0.1) is 11.0 Å². The van der Waals surface area contributed by atoms with Gasteiger partial charge in [-0.2, -0.15) is 13.2 Å². The van der Waals surface area contributed by atoms with E-state index in [9.17, 15) is 27.6 Å². The van der Waals surface area contributed by atoms with Crippen LogP contribution in [0.4, 0.5) is 13.2 Å². The molecule has 0 bridgehead atoms. The van der Waals surface area contributed by atoms with Gasteiger partial charge in [0.25, 0.3) is 5.91 Å². The Labute approximate surface area is 133 Å². The van der Waals surface area contributed by atoms with Crippen LogP contribution in [0.5, 0.6) is 0 Å². The van der Waals surface area contributed by atoms with E-state index in [2.05, 4.69) is 4.98 Å². The smallest absolute Gasteiger partial charge is 0.406 e. The third kappa shape index (κ3) is 3.42. The number of carboxylic acid groups (broad SMARTS) is 1. The van der Waals surface area contributed by atoms with E-state index in [-0.39, 0.29) is 16.6 Å². The summed E-state index contributed by atoms with van der Waals surface area (Å²) in [5.41, 5.74) is -0.827. The second-order valence-corrected chi connectivity index (χ2v) is 5.29. The summed E-state index contributed by atoms with van der Waals surface area (Å²) >= 11 is 0. The van der Waals surface area contributed by atoms with Crippen LogP contribution in [0.2, 0.25) is 0 Å². The predicted octanol–water partition coefficient (Wildman–Crippen LogP) is 1.44. The number of carboxylic acids is 1. The van der Waals surface area contributed by atoms with Gasteiger partial charge in [-0.05, 0) is 25.1 Å². The number of carbonyl (C=O) groups is 2. The average molecular weight is 345 g/mol. The number of alkyl halides is 3. The normalized spacial score (nSPS) is 13.0. The molecule has 0 fully saturated rings. The average Bonchev–Trinajstić information content (AvgIpc) is 2.78. The van der Waals surface area contributed by atoms with E-state index in [0.29, 0.717) is 4.57 Å². The number of aliphatic carboxylic acids is 1. The number of imidazole rings is 1. The van der Waals surface area contributed by atoms with Crippen LogP contribution < -0.4 is 5.69 Å². The number of fused-ring (bicyclic) bond motifs is 1. The minimum absolute atomic E-state index is 0.00260. The molecule has 0 aliphatic carbocycles. The summed E-state index contributed by atoms with van der Waals surface area (Å²) in [6.07, 6.45) is -4.56. The van der Waals surface area contributed by atoms with E-state index in [1.807, 2.05) is 0 Å². The highest BCUT2D eigenvalue weighted by molar-refractivity contribution is 5.99. The fourth-order valence-corrected chi connectivity index (χ4v) is 2.18. The Hall–Kier alpha value is -2.78. The van der Waals surface area contributed by atoms with Gasteiger partial charge < -0.3 is 15.0 Å². The number of aromatic amines is 1. The van der Waals surface area contributed by atoms with Gasteiger partial charge in [0.1, 0.15) is 12.6 Å². The first-order valence-electron chi connectivity index (χ1n) is 6.80. The van der Waals surface area contributed by atoms with E-state index in [0.717, 1.165) is 4.90 Å². The molecule has 0 spiro atoms. The zero-order valence-corrected chi connectivity index (χ0v) is 12.7. The summed E-state index contributed by atoms with van der Waals surface area (Å²) in [5.74, 6) is -1.83. The maximum absolute atomic E-state index is 12.5. The molecule has 1 aromatic heterocycles. The van der Waals surface area contributed by atoms with Crippen LogP contribution in [-0.4, -0.2) is 50.7 Å². The molecule has 7 nitrogen and oxygen atoms in total. The first-order valence-corrected chi connectivity index (χ1v) is 6.80. The van der Waals surface area contributed by atoms with Gasteiger partial charge in [-0.1, -0.05) is 0 Å². The lowest BCUT2D eigenvalue weighted by molar-refractivity contribution is -0.141. The van der Waals surface area contributed by atoms with Gasteiger partial charge in [-0.25, -0.2) is 9.59 Å². The second kappa shape index (κ2) is 6.02. The fraction of sp³-hybridized carbons (Fsp3) is 0.357. The van der Waals surface area contributed by atoms with E-state index < -0.39 is 36.3 Å². The van der Waals surface area contributed by atoms with Crippen molar-refractivity contribution in [2.24, 2.45) is 0 Å². The minimum atomic E-state index is -4.56. The number of amides is 1. The zero-order valence-electron chi connectivity index (χ0n) is 12.7. The molecule has 130 valence electrons. The lowest BCUT2D eigenvalue weighted by Crippen LogP contribution is -2.40. The van der Waals surface area contributed by atoms with Gasteiger partial charge in [0.2, 0.25) is 0 Å². The molecule has 1 amide bonds. The molecular formula is C14H14F3N3O4. The number of H-pyrrole nitrogens is 1. The van der Waals surface area contributed by atoms with Crippen LogP contribution in [-0.2, 0) is 11.3 Å². The molecule has 1 heterocycles. The molecule has 2 N–H and O–H groups in total. The number of hydrogen-bond acceptors (Lipinski definition) is 3. The molecule has 0 aliphatic heterocycles. The Kier molecular flexibility index (Phi) is 4.41. The van der Waals surface area contributed by atoms with Crippen molar-refractivity contribution in [2.45, 2.75) is 25.7 Å². The van der Waals surface area contributed by atoms with Crippen molar-refractivity contribution in [1.82, 2.24) is 14.5 Å². The lowest BCUT2D eigenvalue weighted by atomic mass is 10.1. The van der Waals surface area contributed by atoms with Gasteiger partial charge in [-0.3, -0.25) is 9.36 Å². The quantitative estimate of drug-likeness (QED) is 0.876. The van der Waals surface area contributed by atoms with Crippen LogP contribution in [0, 0.1) is 0 Å². The topological polar surface area (TPSA) is 95.4 Å². The monoisotopic (exact) mass is 345 g/mol. The minimum Gasteiger partial charge on any atom is -0.480 e. The maximum atomic E-state index is 12.5. The summed E-state index contributed by atoms with van der Waals surface area (Å²) in [5, 5.41) is 8.92. The number of benzene rings is 1. The number of likely N-dealkylation sites (N-methyl/N-ethyl adjacent to an activating group) is 1. The zero-order chi connectivity index (χ0) is 18.2. The number of hydrogen-bond donors (Lipinski definition) is 2. The van der Waals surface area contributed by atoms with Crippen molar-refractivity contribution in [3.63, 3.8) is 0 Å². The second-order valence-electron chi connectivity index (χ2n) is 5.29. The third-order valence-corrected chi connectivity index (χ3v) is 3.62. The molecular weight excluding hydrogens is 331 g/mol. The Morgan fingerprint density at radius 1 is 1.38 bits per heavy atom. The molecule has 1 aromatic carbocycles. The van der Waals surface area contributed by atoms with Crippen molar-refractivity contribution < 1.29 is 27.9 Å². The SMILES string of the molecule is CC(C(=O)O)N(C)C(=O)c1ccc2c(c1)[nH]c(=O)n2CC(F)(F)F. The molecule has 10 heteroatoms. The van der Waals surface area contributed by atoms with Gasteiger partial charge >= 0.3 is 17.8 Å². The van der Waals surface area contributed by atoms with E-state index >= 15 is 0 Å².